The third kappa shape index (κ3) is 4.17. The molecule has 0 spiro atoms. The molecule has 1 heterocycles. The van der Waals surface area contributed by atoms with Crippen LogP contribution in [-0.4, -0.2) is 25.1 Å². The van der Waals surface area contributed by atoms with Crippen molar-refractivity contribution < 1.29 is 14.3 Å². The lowest BCUT2D eigenvalue weighted by atomic mass is 10.0. The first-order valence-electron chi connectivity index (χ1n) is 9.00. The van der Waals surface area contributed by atoms with E-state index >= 15 is 0 Å². The average Bonchev–Trinajstić information content (AvgIpc) is 3.09. The van der Waals surface area contributed by atoms with Gasteiger partial charge in [0, 0.05) is 11.1 Å². The SMILES string of the molecule is COc1ccc(-c2nc(C)c(C(=O)NC(C)c3cc(C)ccc3OC)s2)cc1. The summed E-state index contributed by atoms with van der Waals surface area (Å²) in [4.78, 5) is 18.1. The van der Waals surface area contributed by atoms with Gasteiger partial charge in [0.15, 0.2) is 0 Å². The quantitative estimate of drug-likeness (QED) is 0.641. The number of nitrogens with zero attached hydrogens (tertiary/aromatic N) is 1. The van der Waals surface area contributed by atoms with Crippen LogP contribution < -0.4 is 14.8 Å². The van der Waals surface area contributed by atoms with Gasteiger partial charge in [-0.25, -0.2) is 4.98 Å². The Bertz CT molecular complexity index is 980. The van der Waals surface area contributed by atoms with Crippen LogP contribution in [0.2, 0.25) is 0 Å². The summed E-state index contributed by atoms with van der Waals surface area (Å²) in [6.07, 6.45) is 0. The second-order valence-electron chi connectivity index (χ2n) is 6.60. The minimum absolute atomic E-state index is 0.133. The van der Waals surface area contributed by atoms with E-state index < -0.39 is 0 Å². The molecular formula is C22H24N2O3S. The molecule has 28 heavy (non-hydrogen) atoms. The summed E-state index contributed by atoms with van der Waals surface area (Å²) >= 11 is 1.39. The van der Waals surface area contributed by atoms with Crippen LogP contribution in [0.3, 0.4) is 0 Å². The zero-order chi connectivity index (χ0) is 20.3. The summed E-state index contributed by atoms with van der Waals surface area (Å²) in [6.45, 7) is 5.83. The molecule has 1 unspecified atom stereocenters. The maximum Gasteiger partial charge on any atom is 0.263 e. The molecule has 5 nitrogen and oxygen atoms in total. The van der Waals surface area contributed by atoms with E-state index in [1.165, 1.54) is 11.3 Å². The van der Waals surface area contributed by atoms with E-state index in [9.17, 15) is 4.79 Å². The van der Waals surface area contributed by atoms with Gasteiger partial charge >= 0.3 is 0 Å². The van der Waals surface area contributed by atoms with Crippen LogP contribution in [0.25, 0.3) is 10.6 Å². The molecule has 3 rings (SSSR count). The molecule has 0 saturated heterocycles. The molecule has 1 amide bonds. The van der Waals surface area contributed by atoms with Crippen molar-refractivity contribution in [3.63, 3.8) is 0 Å². The molecule has 0 aliphatic rings. The fourth-order valence-corrected chi connectivity index (χ4v) is 3.97. The Morgan fingerprint density at radius 3 is 2.43 bits per heavy atom. The zero-order valence-electron chi connectivity index (χ0n) is 16.7. The van der Waals surface area contributed by atoms with Crippen molar-refractivity contribution in [2.45, 2.75) is 26.8 Å². The Labute approximate surface area is 169 Å². The number of benzene rings is 2. The van der Waals surface area contributed by atoms with E-state index in [1.54, 1.807) is 14.2 Å². The van der Waals surface area contributed by atoms with Gasteiger partial charge in [0.1, 0.15) is 21.4 Å². The van der Waals surface area contributed by atoms with Crippen LogP contribution >= 0.6 is 11.3 Å². The number of aryl methyl sites for hydroxylation is 2. The van der Waals surface area contributed by atoms with Crippen LogP contribution in [0.4, 0.5) is 0 Å². The van der Waals surface area contributed by atoms with Gasteiger partial charge in [0.25, 0.3) is 5.91 Å². The lowest BCUT2D eigenvalue weighted by Crippen LogP contribution is -2.26. The van der Waals surface area contributed by atoms with Crippen LogP contribution in [0.1, 0.15) is 39.5 Å². The summed E-state index contributed by atoms with van der Waals surface area (Å²) in [7, 11) is 3.27. The second kappa shape index (κ2) is 8.44. The predicted octanol–water partition coefficient (Wildman–Crippen LogP) is 4.94. The molecule has 3 aromatic rings. The maximum atomic E-state index is 12.9. The third-order valence-electron chi connectivity index (χ3n) is 4.54. The largest absolute Gasteiger partial charge is 0.497 e. The first-order chi connectivity index (χ1) is 13.4. The van der Waals surface area contributed by atoms with Crippen LogP contribution in [0.15, 0.2) is 42.5 Å². The van der Waals surface area contributed by atoms with Gasteiger partial charge < -0.3 is 14.8 Å². The number of aromatic nitrogens is 1. The lowest BCUT2D eigenvalue weighted by molar-refractivity contribution is 0.0943. The first-order valence-corrected chi connectivity index (χ1v) is 9.81. The Morgan fingerprint density at radius 1 is 1.07 bits per heavy atom. The van der Waals surface area contributed by atoms with Gasteiger partial charge in [-0.3, -0.25) is 4.79 Å². The molecule has 0 aliphatic carbocycles. The molecule has 0 aliphatic heterocycles. The molecule has 6 heteroatoms. The Morgan fingerprint density at radius 2 is 1.79 bits per heavy atom. The number of hydrogen-bond donors (Lipinski definition) is 1. The van der Waals surface area contributed by atoms with Crippen molar-refractivity contribution in [3.8, 4) is 22.1 Å². The predicted molar refractivity (Wildman–Crippen MR) is 112 cm³/mol. The van der Waals surface area contributed by atoms with E-state index in [-0.39, 0.29) is 11.9 Å². The summed E-state index contributed by atoms with van der Waals surface area (Å²) in [5.41, 5.74) is 3.75. The summed E-state index contributed by atoms with van der Waals surface area (Å²) < 4.78 is 10.6. The molecule has 1 aromatic heterocycles. The van der Waals surface area contributed by atoms with Crippen LogP contribution in [-0.2, 0) is 0 Å². The molecule has 2 aromatic carbocycles. The smallest absolute Gasteiger partial charge is 0.263 e. The number of amides is 1. The highest BCUT2D eigenvalue weighted by atomic mass is 32.1. The molecule has 1 atom stereocenters. The molecule has 1 N–H and O–H groups in total. The van der Waals surface area contributed by atoms with Gasteiger partial charge in [-0.05, 0) is 51.1 Å². The fourth-order valence-electron chi connectivity index (χ4n) is 3.00. The number of ether oxygens (including phenoxy) is 2. The topological polar surface area (TPSA) is 60.5 Å². The standard InChI is InChI=1S/C22H24N2O3S/c1-13-6-11-19(27-5)18(12-13)14(2)23-21(25)20-15(3)24-22(28-20)16-7-9-17(26-4)10-8-16/h6-12,14H,1-5H3,(H,23,25). The molecule has 146 valence electrons. The molecule has 0 fully saturated rings. The Balaban J connectivity index is 1.81. The van der Waals surface area contributed by atoms with Gasteiger partial charge in [0.05, 0.1) is 26.0 Å². The van der Waals surface area contributed by atoms with Gasteiger partial charge in [-0.2, -0.15) is 0 Å². The summed E-state index contributed by atoms with van der Waals surface area (Å²) in [5.74, 6) is 1.42. The number of hydrogen-bond acceptors (Lipinski definition) is 5. The number of nitrogens with one attached hydrogen (secondary N) is 1. The highest BCUT2D eigenvalue weighted by Gasteiger charge is 2.20. The second-order valence-corrected chi connectivity index (χ2v) is 7.60. The molecule has 0 saturated carbocycles. The lowest BCUT2D eigenvalue weighted by Gasteiger charge is -2.17. The van der Waals surface area contributed by atoms with Crippen molar-refractivity contribution in [2.75, 3.05) is 14.2 Å². The number of carbonyl (C=O) groups is 1. The van der Waals surface area contributed by atoms with Crippen molar-refractivity contribution in [3.05, 3.63) is 64.2 Å². The number of methoxy groups -OCH3 is 2. The Kier molecular flexibility index (Phi) is 5.99. The Hall–Kier alpha value is -2.86. The van der Waals surface area contributed by atoms with Crippen molar-refractivity contribution in [2.24, 2.45) is 0 Å². The highest BCUT2D eigenvalue weighted by molar-refractivity contribution is 7.17. The van der Waals surface area contributed by atoms with Crippen molar-refractivity contribution in [1.29, 1.82) is 0 Å². The highest BCUT2D eigenvalue weighted by Crippen LogP contribution is 2.31. The van der Waals surface area contributed by atoms with Gasteiger partial charge in [0.2, 0.25) is 0 Å². The van der Waals surface area contributed by atoms with Gasteiger partial charge in [-0.15, -0.1) is 11.3 Å². The minimum atomic E-state index is -0.187. The third-order valence-corrected chi connectivity index (χ3v) is 5.74. The summed E-state index contributed by atoms with van der Waals surface area (Å²) in [6, 6.07) is 13.4. The van der Waals surface area contributed by atoms with E-state index in [0.717, 1.165) is 38.9 Å². The monoisotopic (exact) mass is 396 g/mol. The zero-order valence-corrected chi connectivity index (χ0v) is 17.5. The average molecular weight is 397 g/mol. The summed E-state index contributed by atoms with van der Waals surface area (Å²) in [5, 5.41) is 3.88. The fraction of sp³-hybridized carbons (Fsp3) is 0.273. The van der Waals surface area contributed by atoms with E-state index in [2.05, 4.69) is 10.3 Å². The number of rotatable bonds is 6. The van der Waals surface area contributed by atoms with Crippen LogP contribution in [0, 0.1) is 13.8 Å². The molecule has 0 radical (unpaired) electrons. The van der Waals surface area contributed by atoms with Crippen molar-refractivity contribution >= 4 is 17.2 Å². The first kappa shape index (κ1) is 19.9. The van der Waals surface area contributed by atoms with E-state index in [0.29, 0.717) is 4.88 Å². The molecular weight excluding hydrogens is 372 g/mol. The van der Waals surface area contributed by atoms with Gasteiger partial charge in [-0.1, -0.05) is 17.7 Å². The number of carbonyl (C=O) groups excluding carboxylic acids is 1. The number of thiazole rings is 1. The van der Waals surface area contributed by atoms with E-state index in [4.69, 9.17) is 9.47 Å². The maximum absolute atomic E-state index is 12.9. The normalized spacial score (nSPS) is 11.8. The van der Waals surface area contributed by atoms with E-state index in [1.807, 2.05) is 63.2 Å². The van der Waals surface area contributed by atoms with Crippen LogP contribution in [0.5, 0.6) is 11.5 Å². The molecule has 0 bridgehead atoms. The minimum Gasteiger partial charge on any atom is -0.497 e. The van der Waals surface area contributed by atoms with Crippen molar-refractivity contribution in [1.82, 2.24) is 10.3 Å².